The SMILES string of the molecule is CC(C(=O)O)N(Cc1ccccc1Cl)S(=O)(=O)c1cc(Cl)cc(Cl)c1O. The summed E-state index contributed by atoms with van der Waals surface area (Å²) in [6, 6.07) is 7.18. The molecule has 0 radical (unpaired) electrons. The van der Waals surface area contributed by atoms with Gasteiger partial charge in [0.25, 0.3) is 0 Å². The van der Waals surface area contributed by atoms with Crippen LogP contribution in [0.2, 0.25) is 15.1 Å². The van der Waals surface area contributed by atoms with Gasteiger partial charge in [-0.3, -0.25) is 4.79 Å². The Bertz CT molecular complexity index is 949. The molecule has 0 aliphatic rings. The minimum absolute atomic E-state index is 0.0213. The van der Waals surface area contributed by atoms with Gasteiger partial charge in [-0.15, -0.1) is 0 Å². The molecule has 0 aromatic heterocycles. The van der Waals surface area contributed by atoms with Gasteiger partial charge in [0.2, 0.25) is 10.0 Å². The van der Waals surface area contributed by atoms with E-state index in [0.717, 1.165) is 6.07 Å². The van der Waals surface area contributed by atoms with Crippen LogP contribution in [0.25, 0.3) is 0 Å². The fraction of sp³-hybridized carbons (Fsp3) is 0.188. The third kappa shape index (κ3) is 4.24. The number of aliphatic carboxylic acids is 1. The van der Waals surface area contributed by atoms with Gasteiger partial charge < -0.3 is 10.2 Å². The van der Waals surface area contributed by atoms with Gasteiger partial charge in [-0.1, -0.05) is 53.0 Å². The molecule has 6 nitrogen and oxygen atoms in total. The second-order valence-corrected chi connectivity index (χ2v) is 8.50. The number of phenols is 1. The Morgan fingerprint density at radius 1 is 1.15 bits per heavy atom. The molecule has 2 aromatic rings. The highest BCUT2D eigenvalue weighted by Crippen LogP contribution is 2.37. The van der Waals surface area contributed by atoms with Crippen LogP contribution in [-0.2, 0) is 21.4 Å². The number of halogens is 3. The van der Waals surface area contributed by atoms with E-state index in [-0.39, 0.29) is 21.6 Å². The van der Waals surface area contributed by atoms with E-state index in [9.17, 15) is 23.4 Å². The molecule has 26 heavy (non-hydrogen) atoms. The molecule has 1 unspecified atom stereocenters. The summed E-state index contributed by atoms with van der Waals surface area (Å²) in [6.45, 7) is 0.888. The number of carbonyl (C=O) groups is 1. The summed E-state index contributed by atoms with van der Waals surface area (Å²) in [5.41, 5.74) is 0.401. The summed E-state index contributed by atoms with van der Waals surface area (Å²) in [5, 5.41) is 19.4. The molecule has 0 spiro atoms. The topological polar surface area (TPSA) is 94.9 Å². The summed E-state index contributed by atoms with van der Waals surface area (Å²) >= 11 is 17.7. The zero-order chi connectivity index (χ0) is 19.6. The van der Waals surface area contributed by atoms with E-state index in [2.05, 4.69) is 0 Å². The zero-order valence-corrected chi connectivity index (χ0v) is 16.4. The quantitative estimate of drug-likeness (QED) is 0.710. The Hall–Kier alpha value is -1.51. The minimum atomic E-state index is -4.46. The van der Waals surface area contributed by atoms with Crippen LogP contribution in [0.1, 0.15) is 12.5 Å². The molecule has 140 valence electrons. The van der Waals surface area contributed by atoms with Gasteiger partial charge >= 0.3 is 5.97 Å². The van der Waals surface area contributed by atoms with Crippen LogP contribution in [0.5, 0.6) is 5.75 Å². The molecule has 2 rings (SSSR count). The summed E-state index contributed by atoms with van der Waals surface area (Å²) in [4.78, 5) is 10.9. The predicted octanol–water partition coefficient (Wildman–Crippen LogP) is 4.02. The van der Waals surface area contributed by atoms with Crippen LogP contribution in [0.15, 0.2) is 41.3 Å². The lowest BCUT2D eigenvalue weighted by Crippen LogP contribution is -2.42. The lowest BCUT2D eigenvalue weighted by atomic mass is 10.2. The van der Waals surface area contributed by atoms with Crippen molar-refractivity contribution < 1.29 is 23.4 Å². The van der Waals surface area contributed by atoms with Gasteiger partial charge in [0.15, 0.2) is 5.75 Å². The van der Waals surface area contributed by atoms with Gasteiger partial charge in [0.1, 0.15) is 10.9 Å². The number of phenolic OH excluding ortho intramolecular Hbond substituents is 1. The van der Waals surface area contributed by atoms with Crippen LogP contribution in [0.4, 0.5) is 0 Å². The lowest BCUT2D eigenvalue weighted by molar-refractivity contribution is -0.141. The number of nitrogens with zero attached hydrogens (tertiary/aromatic N) is 1. The fourth-order valence-electron chi connectivity index (χ4n) is 2.21. The van der Waals surface area contributed by atoms with Crippen molar-refractivity contribution in [3.05, 3.63) is 57.0 Å². The smallest absolute Gasteiger partial charge is 0.321 e. The highest BCUT2D eigenvalue weighted by Gasteiger charge is 2.36. The molecule has 0 saturated carbocycles. The Morgan fingerprint density at radius 3 is 2.35 bits per heavy atom. The number of aromatic hydroxyl groups is 1. The van der Waals surface area contributed by atoms with Crippen molar-refractivity contribution in [2.24, 2.45) is 0 Å². The number of hydrogen-bond donors (Lipinski definition) is 2. The molecule has 10 heteroatoms. The van der Waals surface area contributed by atoms with Gasteiger partial charge in [-0.25, -0.2) is 8.42 Å². The van der Waals surface area contributed by atoms with Gasteiger partial charge in [0.05, 0.1) is 5.02 Å². The monoisotopic (exact) mass is 437 g/mol. The third-order valence-electron chi connectivity index (χ3n) is 3.65. The van der Waals surface area contributed by atoms with Gasteiger partial charge in [-0.05, 0) is 30.7 Å². The standard InChI is InChI=1S/C16H14Cl3NO5S/c1-9(16(22)23)20(8-10-4-2-3-5-12(10)18)26(24,25)14-7-11(17)6-13(19)15(14)21/h2-7,9,21H,8H2,1H3,(H,22,23). The molecule has 0 bridgehead atoms. The number of benzene rings is 2. The largest absolute Gasteiger partial charge is 0.505 e. The van der Waals surface area contributed by atoms with Gasteiger partial charge in [0, 0.05) is 16.6 Å². The van der Waals surface area contributed by atoms with E-state index in [1.165, 1.54) is 13.0 Å². The van der Waals surface area contributed by atoms with Crippen molar-refractivity contribution in [1.82, 2.24) is 4.31 Å². The summed E-state index contributed by atoms with van der Waals surface area (Å²) < 4.78 is 26.8. The molecule has 0 saturated heterocycles. The average molecular weight is 439 g/mol. The second kappa shape index (κ2) is 8.02. The van der Waals surface area contributed by atoms with Gasteiger partial charge in [-0.2, -0.15) is 4.31 Å². The number of sulfonamides is 1. The van der Waals surface area contributed by atoms with Crippen molar-refractivity contribution in [2.45, 2.75) is 24.4 Å². The Kier molecular flexibility index (Phi) is 6.42. The molecule has 1 atom stereocenters. The van der Waals surface area contributed by atoms with Crippen molar-refractivity contribution in [3.63, 3.8) is 0 Å². The Balaban J connectivity index is 2.61. The van der Waals surface area contributed by atoms with E-state index < -0.39 is 32.7 Å². The van der Waals surface area contributed by atoms with E-state index in [1.54, 1.807) is 24.3 Å². The van der Waals surface area contributed by atoms with Crippen molar-refractivity contribution in [3.8, 4) is 5.75 Å². The van der Waals surface area contributed by atoms with Crippen molar-refractivity contribution in [1.29, 1.82) is 0 Å². The third-order valence-corrected chi connectivity index (χ3v) is 6.46. The fourth-order valence-corrected chi connectivity index (χ4v) is 4.72. The minimum Gasteiger partial charge on any atom is -0.505 e. The summed E-state index contributed by atoms with van der Waals surface area (Å²) in [7, 11) is -4.46. The van der Waals surface area contributed by atoms with Crippen LogP contribution in [0, 0.1) is 0 Å². The first-order chi connectivity index (χ1) is 12.1. The predicted molar refractivity (Wildman–Crippen MR) is 99.4 cm³/mol. The second-order valence-electron chi connectivity index (χ2n) is 5.39. The number of carboxylic acid groups (broad SMARTS) is 1. The first-order valence-corrected chi connectivity index (χ1v) is 9.79. The van der Waals surface area contributed by atoms with E-state index in [1.807, 2.05) is 0 Å². The molecule has 0 aliphatic carbocycles. The van der Waals surface area contributed by atoms with Crippen molar-refractivity contribution >= 4 is 50.8 Å². The van der Waals surface area contributed by atoms with E-state index in [4.69, 9.17) is 34.8 Å². The Labute approximate surface area is 165 Å². The molecule has 0 fully saturated rings. The maximum atomic E-state index is 13.1. The molecule has 0 heterocycles. The van der Waals surface area contributed by atoms with E-state index >= 15 is 0 Å². The maximum absolute atomic E-state index is 13.1. The first-order valence-electron chi connectivity index (χ1n) is 7.21. The first kappa shape index (κ1) is 20.8. The summed E-state index contributed by atoms with van der Waals surface area (Å²) in [6.07, 6.45) is 0. The molecular formula is C16H14Cl3NO5S. The molecule has 0 amide bonds. The highest BCUT2D eigenvalue weighted by atomic mass is 35.5. The van der Waals surface area contributed by atoms with Crippen LogP contribution in [0.3, 0.4) is 0 Å². The van der Waals surface area contributed by atoms with Crippen molar-refractivity contribution in [2.75, 3.05) is 0 Å². The molecule has 0 aliphatic heterocycles. The van der Waals surface area contributed by atoms with Crippen LogP contribution >= 0.6 is 34.8 Å². The molecule has 2 aromatic carbocycles. The number of hydrogen-bond acceptors (Lipinski definition) is 4. The molecule has 2 N–H and O–H groups in total. The highest BCUT2D eigenvalue weighted by molar-refractivity contribution is 7.89. The zero-order valence-electron chi connectivity index (χ0n) is 13.4. The molecular weight excluding hydrogens is 425 g/mol. The Morgan fingerprint density at radius 2 is 1.77 bits per heavy atom. The van der Waals surface area contributed by atoms with Crippen LogP contribution < -0.4 is 0 Å². The van der Waals surface area contributed by atoms with Crippen LogP contribution in [-0.4, -0.2) is 34.9 Å². The lowest BCUT2D eigenvalue weighted by Gasteiger charge is -2.26. The average Bonchev–Trinajstić information content (AvgIpc) is 2.56. The number of carboxylic acids is 1. The normalized spacial score (nSPS) is 13.0. The number of rotatable bonds is 6. The summed E-state index contributed by atoms with van der Waals surface area (Å²) in [5.74, 6) is -2.08. The maximum Gasteiger partial charge on any atom is 0.321 e. The van der Waals surface area contributed by atoms with E-state index in [0.29, 0.717) is 9.87 Å².